The van der Waals surface area contributed by atoms with Gasteiger partial charge in [-0.1, -0.05) is 5.16 Å². The number of nitrogens with zero attached hydrogens (tertiary/aromatic N) is 3. The van der Waals surface area contributed by atoms with Crippen LogP contribution >= 0.6 is 24.8 Å². The number of piperazine rings is 1. The van der Waals surface area contributed by atoms with Gasteiger partial charge in [-0.2, -0.15) is 0 Å². The van der Waals surface area contributed by atoms with Gasteiger partial charge < -0.3 is 15.2 Å². The maximum Gasteiger partial charge on any atom is 0.236 e. The van der Waals surface area contributed by atoms with Crippen LogP contribution in [0.25, 0.3) is 0 Å². The lowest BCUT2D eigenvalue weighted by molar-refractivity contribution is -0.131. The zero-order valence-corrected chi connectivity index (χ0v) is 12.5. The summed E-state index contributed by atoms with van der Waals surface area (Å²) < 4.78 is 5.17. The molecule has 19 heavy (non-hydrogen) atoms. The smallest absolute Gasteiger partial charge is 0.236 e. The molecule has 110 valence electrons. The SMILES string of the molecule is Cc1cc(CN2CCN(C(=O)CN)CC2)on1.Cl.Cl. The van der Waals surface area contributed by atoms with Crippen LogP contribution in [0, 0.1) is 6.92 Å². The minimum absolute atomic E-state index is 0. The fourth-order valence-electron chi connectivity index (χ4n) is 2.00. The molecule has 2 heterocycles. The Morgan fingerprint density at radius 1 is 1.37 bits per heavy atom. The van der Waals surface area contributed by atoms with Crippen molar-refractivity contribution in [1.82, 2.24) is 15.0 Å². The van der Waals surface area contributed by atoms with Crippen LogP contribution in [0.15, 0.2) is 10.6 Å². The van der Waals surface area contributed by atoms with Crippen molar-refractivity contribution in [3.05, 3.63) is 17.5 Å². The first kappa shape index (κ1) is 18.2. The van der Waals surface area contributed by atoms with Crippen LogP contribution in [0.5, 0.6) is 0 Å². The third-order valence-corrected chi connectivity index (χ3v) is 2.96. The lowest BCUT2D eigenvalue weighted by Gasteiger charge is -2.33. The normalized spacial score (nSPS) is 15.6. The van der Waals surface area contributed by atoms with E-state index in [4.69, 9.17) is 10.3 Å². The molecule has 1 fully saturated rings. The monoisotopic (exact) mass is 310 g/mol. The molecule has 8 heteroatoms. The molecule has 1 aromatic rings. The third-order valence-electron chi connectivity index (χ3n) is 2.96. The summed E-state index contributed by atoms with van der Waals surface area (Å²) in [7, 11) is 0. The Bertz CT molecular complexity index is 392. The van der Waals surface area contributed by atoms with E-state index in [9.17, 15) is 4.79 Å². The summed E-state index contributed by atoms with van der Waals surface area (Å²) in [4.78, 5) is 15.4. The van der Waals surface area contributed by atoms with Crippen LogP contribution in [0.3, 0.4) is 0 Å². The summed E-state index contributed by atoms with van der Waals surface area (Å²) in [6, 6.07) is 1.94. The van der Waals surface area contributed by atoms with E-state index in [1.807, 2.05) is 17.9 Å². The molecule has 2 rings (SSSR count). The Kier molecular flexibility index (Phi) is 8.01. The van der Waals surface area contributed by atoms with Gasteiger partial charge in [0.15, 0.2) is 5.76 Å². The van der Waals surface area contributed by atoms with Gasteiger partial charge in [0.05, 0.1) is 18.8 Å². The number of carbonyl (C=O) groups excluding carboxylic acids is 1. The van der Waals surface area contributed by atoms with Gasteiger partial charge >= 0.3 is 0 Å². The van der Waals surface area contributed by atoms with Crippen molar-refractivity contribution in [3.63, 3.8) is 0 Å². The number of halogens is 2. The molecule has 0 spiro atoms. The number of hydrogen-bond acceptors (Lipinski definition) is 5. The highest BCUT2D eigenvalue weighted by Gasteiger charge is 2.20. The summed E-state index contributed by atoms with van der Waals surface area (Å²) in [5.74, 6) is 0.904. The Hall–Kier alpha value is -0.820. The van der Waals surface area contributed by atoms with Crippen molar-refractivity contribution in [2.45, 2.75) is 13.5 Å². The number of nitrogens with two attached hydrogens (primary N) is 1. The van der Waals surface area contributed by atoms with E-state index < -0.39 is 0 Å². The standard InChI is InChI=1S/C11H18N4O2.2ClH/c1-9-6-10(17-13-9)8-14-2-4-15(5-3-14)11(16)7-12;;/h6H,2-5,7-8,12H2,1H3;2*1H. The highest BCUT2D eigenvalue weighted by atomic mass is 35.5. The van der Waals surface area contributed by atoms with Crippen LogP contribution in [-0.2, 0) is 11.3 Å². The van der Waals surface area contributed by atoms with E-state index in [0.717, 1.165) is 44.2 Å². The Balaban J connectivity index is 0.00000162. The lowest BCUT2D eigenvalue weighted by Crippen LogP contribution is -2.49. The van der Waals surface area contributed by atoms with Crippen LogP contribution in [-0.4, -0.2) is 53.6 Å². The largest absolute Gasteiger partial charge is 0.360 e. The molecule has 0 unspecified atom stereocenters. The molecular weight excluding hydrogens is 291 g/mol. The predicted molar refractivity (Wildman–Crippen MR) is 76.6 cm³/mol. The van der Waals surface area contributed by atoms with Crippen molar-refractivity contribution >= 4 is 30.7 Å². The molecule has 0 bridgehead atoms. The van der Waals surface area contributed by atoms with Crippen LogP contribution in [0.4, 0.5) is 0 Å². The molecule has 1 aliphatic rings. The second kappa shape index (κ2) is 8.37. The highest BCUT2D eigenvalue weighted by molar-refractivity contribution is 5.85. The Labute approximate surface area is 125 Å². The molecule has 1 amide bonds. The Morgan fingerprint density at radius 3 is 2.47 bits per heavy atom. The number of carbonyl (C=O) groups is 1. The maximum atomic E-state index is 11.4. The summed E-state index contributed by atoms with van der Waals surface area (Å²) in [6.07, 6.45) is 0. The zero-order valence-electron chi connectivity index (χ0n) is 10.9. The van der Waals surface area contributed by atoms with Crippen LogP contribution < -0.4 is 5.73 Å². The molecule has 1 aromatic heterocycles. The fraction of sp³-hybridized carbons (Fsp3) is 0.636. The van der Waals surface area contributed by atoms with Gasteiger partial charge in [-0.05, 0) is 6.92 Å². The van der Waals surface area contributed by atoms with Crippen LogP contribution in [0.2, 0.25) is 0 Å². The minimum Gasteiger partial charge on any atom is -0.360 e. The molecule has 1 saturated heterocycles. The van der Waals surface area contributed by atoms with E-state index >= 15 is 0 Å². The number of rotatable bonds is 3. The van der Waals surface area contributed by atoms with E-state index in [1.165, 1.54) is 0 Å². The quantitative estimate of drug-likeness (QED) is 0.876. The predicted octanol–water partition coefficient (Wildman–Crippen LogP) is 0.430. The van der Waals surface area contributed by atoms with Gasteiger partial charge in [0, 0.05) is 32.2 Å². The van der Waals surface area contributed by atoms with Crippen LogP contribution in [0.1, 0.15) is 11.5 Å². The van der Waals surface area contributed by atoms with Crippen molar-refractivity contribution in [1.29, 1.82) is 0 Å². The summed E-state index contributed by atoms with van der Waals surface area (Å²) >= 11 is 0. The molecule has 6 nitrogen and oxygen atoms in total. The topological polar surface area (TPSA) is 75.6 Å². The second-order valence-corrected chi connectivity index (χ2v) is 4.30. The van der Waals surface area contributed by atoms with E-state index in [-0.39, 0.29) is 37.3 Å². The number of aromatic nitrogens is 1. The van der Waals surface area contributed by atoms with Gasteiger partial charge in [-0.3, -0.25) is 9.69 Å². The maximum absolute atomic E-state index is 11.4. The molecule has 1 aliphatic heterocycles. The average Bonchev–Trinajstić information content (AvgIpc) is 2.75. The van der Waals surface area contributed by atoms with E-state index in [2.05, 4.69) is 10.1 Å². The van der Waals surface area contributed by atoms with Crippen molar-refractivity contribution in [2.75, 3.05) is 32.7 Å². The van der Waals surface area contributed by atoms with Crippen molar-refractivity contribution < 1.29 is 9.32 Å². The lowest BCUT2D eigenvalue weighted by atomic mass is 10.3. The van der Waals surface area contributed by atoms with Crippen molar-refractivity contribution in [3.8, 4) is 0 Å². The fourth-order valence-corrected chi connectivity index (χ4v) is 2.00. The first-order chi connectivity index (χ1) is 8.19. The number of aryl methyl sites for hydroxylation is 1. The molecule has 0 aromatic carbocycles. The second-order valence-electron chi connectivity index (χ2n) is 4.30. The Morgan fingerprint density at radius 2 is 2.00 bits per heavy atom. The minimum atomic E-state index is 0. The highest BCUT2D eigenvalue weighted by Crippen LogP contribution is 2.09. The van der Waals surface area contributed by atoms with Gasteiger partial charge in [-0.25, -0.2) is 0 Å². The summed E-state index contributed by atoms with van der Waals surface area (Å²) in [5.41, 5.74) is 6.24. The molecule has 2 N–H and O–H groups in total. The average molecular weight is 311 g/mol. The molecule has 0 saturated carbocycles. The van der Waals surface area contributed by atoms with Gasteiger partial charge in [0.25, 0.3) is 0 Å². The number of hydrogen-bond donors (Lipinski definition) is 1. The summed E-state index contributed by atoms with van der Waals surface area (Å²) in [6.45, 7) is 5.95. The van der Waals surface area contributed by atoms with Gasteiger partial charge in [0.1, 0.15) is 0 Å². The zero-order chi connectivity index (χ0) is 12.3. The molecule has 0 atom stereocenters. The molecular formula is C11H20Cl2N4O2. The molecule has 0 aliphatic carbocycles. The van der Waals surface area contributed by atoms with E-state index in [1.54, 1.807) is 0 Å². The third kappa shape index (κ3) is 4.99. The summed E-state index contributed by atoms with van der Waals surface area (Å²) in [5, 5.41) is 3.86. The van der Waals surface area contributed by atoms with E-state index in [0.29, 0.717) is 0 Å². The van der Waals surface area contributed by atoms with Gasteiger partial charge in [0.2, 0.25) is 5.91 Å². The first-order valence-corrected chi connectivity index (χ1v) is 5.81. The van der Waals surface area contributed by atoms with Crippen molar-refractivity contribution in [2.24, 2.45) is 5.73 Å². The van der Waals surface area contributed by atoms with Gasteiger partial charge in [-0.15, -0.1) is 24.8 Å². The first-order valence-electron chi connectivity index (χ1n) is 5.81. The molecule has 0 radical (unpaired) electrons. The number of amides is 1.